The molecule has 2 aromatic rings. The van der Waals surface area contributed by atoms with Crippen molar-refractivity contribution < 1.29 is 14.2 Å². The molecule has 21 heavy (non-hydrogen) atoms. The molecule has 1 atom stereocenters. The minimum absolute atomic E-state index is 0.265. The summed E-state index contributed by atoms with van der Waals surface area (Å²) in [5, 5.41) is 0. The fourth-order valence-corrected chi connectivity index (χ4v) is 3.71. The number of fused-ring (bicyclic) bond motifs is 5. The number of aliphatic imine (C=N–C) groups is 1. The van der Waals surface area contributed by atoms with Crippen LogP contribution in [-0.4, -0.2) is 19.6 Å². The van der Waals surface area contributed by atoms with E-state index in [2.05, 4.69) is 27.0 Å². The highest BCUT2D eigenvalue weighted by Crippen LogP contribution is 2.53. The van der Waals surface area contributed by atoms with E-state index in [-0.39, 0.29) is 12.2 Å². The van der Waals surface area contributed by atoms with Gasteiger partial charge in [-0.2, -0.15) is 0 Å². The molecular weight excluding hydrogens is 334 g/mol. The largest absolute Gasteiger partial charge is 0.491 e. The third-order valence-electron chi connectivity index (χ3n) is 4.29. The first kappa shape index (κ1) is 11.6. The number of rotatable bonds is 0. The average Bonchev–Trinajstić information content (AvgIpc) is 3.18. The third-order valence-corrected chi connectivity index (χ3v) is 4.93. The van der Waals surface area contributed by atoms with Crippen molar-refractivity contribution in [1.29, 1.82) is 0 Å². The maximum atomic E-state index is 5.92. The van der Waals surface area contributed by atoms with Gasteiger partial charge in [0.25, 0.3) is 0 Å². The number of ether oxygens (including phenoxy) is 3. The molecule has 0 saturated carbocycles. The van der Waals surface area contributed by atoms with Crippen molar-refractivity contribution in [2.75, 3.05) is 13.4 Å². The zero-order chi connectivity index (χ0) is 14.0. The van der Waals surface area contributed by atoms with Crippen LogP contribution in [-0.2, 0) is 5.41 Å². The predicted molar refractivity (Wildman–Crippen MR) is 81.1 cm³/mol. The lowest BCUT2D eigenvalue weighted by Gasteiger charge is -2.20. The second-order valence-corrected chi connectivity index (χ2v) is 6.21. The SMILES string of the molecule is Brc1cccc2c1N=CC21COc2cc3c(cc21)OCO3. The lowest BCUT2D eigenvalue weighted by atomic mass is 9.78. The lowest BCUT2D eigenvalue weighted by molar-refractivity contribution is 0.173. The van der Waals surface area contributed by atoms with E-state index >= 15 is 0 Å². The van der Waals surface area contributed by atoms with Crippen LogP contribution in [0.1, 0.15) is 11.1 Å². The second kappa shape index (κ2) is 3.80. The van der Waals surface area contributed by atoms with E-state index in [0.29, 0.717) is 6.61 Å². The van der Waals surface area contributed by atoms with E-state index in [0.717, 1.165) is 38.5 Å². The predicted octanol–water partition coefficient (Wildman–Crippen LogP) is 3.57. The smallest absolute Gasteiger partial charge is 0.231 e. The Hall–Kier alpha value is -2.01. The van der Waals surface area contributed by atoms with Gasteiger partial charge in [0.2, 0.25) is 6.79 Å². The van der Waals surface area contributed by atoms with Gasteiger partial charge in [-0.25, -0.2) is 0 Å². The van der Waals surface area contributed by atoms with Crippen molar-refractivity contribution in [3.63, 3.8) is 0 Å². The van der Waals surface area contributed by atoms with Crippen molar-refractivity contribution >= 4 is 27.8 Å². The maximum absolute atomic E-state index is 5.92. The first-order chi connectivity index (χ1) is 10.3. The Morgan fingerprint density at radius 2 is 1.86 bits per heavy atom. The summed E-state index contributed by atoms with van der Waals surface area (Å²) in [7, 11) is 0. The minimum Gasteiger partial charge on any atom is -0.491 e. The number of hydrogen-bond acceptors (Lipinski definition) is 4. The van der Waals surface area contributed by atoms with E-state index in [1.54, 1.807) is 0 Å². The summed E-state index contributed by atoms with van der Waals surface area (Å²) in [6.07, 6.45) is 1.98. The Labute approximate surface area is 129 Å². The van der Waals surface area contributed by atoms with Gasteiger partial charge in [-0.15, -0.1) is 0 Å². The van der Waals surface area contributed by atoms with Gasteiger partial charge < -0.3 is 14.2 Å². The van der Waals surface area contributed by atoms with Crippen LogP contribution in [0.15, 0.2) is 39.8 Å². The van der Waals surface area contributed by atoms with Crippen LogP contribution in [0, 0.1) is 0 Å². The molecular formula is C16H10BrNO3. The number of halogens is 1. The van der Waals surface area contributed by atoms with Gasteiger partial charge in [0, 0.05) is 22.3 Å². The summed E-state index contributed by atoms with van der Waals surface area (Å²) in [5.41, 5.74) is 2.91. The van der Waals surface area contributed by atoms with Gasteiger partial charge in [-0.1, -0.05) is 12.1 Å². The standard InChI is InChI=1S/C16H10BrNO3/c17-11-3-1-2-9-15(11)18-6-16(9)7-19-12-5-14-13(4-10(12)16)20-8-21-14/h1-6H,7-8H2. The molecule has 3 aliphatic heterocycles. The molecule has 0 fully saturated rings. The molecule has 0 aromatic heterocycles. The Morgan fingerprint density at radius 3 is 2.76 bits per heavy atom. The molecule has 0 bridgehead atoms. The fraction of sp³-hybridized carbons (Fsp3) is 0.188. The normalized spacial score (nSPS) is 23.3. The average molecular weight is 344 g/mol. The number of hydrogen-bond donors (Lipinski definition) is 0. The van der Waals surface area contributed by atoms with Crippen LogP contribution in [0.3, 0.4) is 0 Å². The molecule has 4 nitrogen and oxygen atoms in total. The summed E-state index contributed by atoms with van der Waals surface area (Å²) >= 11 is 3.57. The zero-order valence-electron chi connectivity index (χ0n) is 10.9. The second-order valence-electron chi connectivity index (χ2n) is 5.36. The van der Waals surface area contributed by atoms with Gasteiger partial charge in [0.05, 0.1) is 11.1 Å². The molecule has 2 aromatic carbocycles. The molecule has 0 aliphatic carbocycles. The molecule has 0 amide bonds. The Balaban J connectivity index is 1.77. The Bertz CT molecular complexity index is 817. The molecule has 3 heterocycles. The summed E-state index contributed by atoms with van der Waals surface area (Å²) in [6.45, 7) is 0.819. The van der Waals surface area contributed by atoms with E-state index in [9.17, 15) is 0 Å². The maximum Gasteiger partial charge on any atom is 0.231 e. The molecule has 104 valence electrons. The van der Waals surface area contributed by atoms with Gasteiger partial charge in [-0.05, 0) is 33.6 Å². The van der Waals surface area contributed by atoms with Crippen LogP contribution >= 0.6 is 15.9 Å². The highest BCUT2D eigenvalue weighted by atomic mass is 79.9. The van der Waals surface area contributed by atoms with Crippen molar-refractivity contribution in [3.05, 3.63) is 45.9 Å². The van der Waals surface area contributed by atoms with Crippen LogP contribution in [0.2, 0.25) is 0 Å². The van der Waals surface area contributed by atoms with E-state index in [4.69, 9.17) is 14.2 Å². The first-order valence-corrected chi connectivity index (χ1v) is 7.48. The highest BCUT2D eigenvalue weighted by Gasteiger charge is 2.46. The van der Waals surface area contributed by atoms with E-state index in [1.807, 2.05) is 30.5 Å². The molecule has 0 radical (unpaired) electrons. The zero-order valence-corrected chi connectivity index (χ0v) is 12.5. The number of nitrogens with zero attached hydrogens (tertiary/aromatic N) is 1. The van der Waals surface area contributed by atoms with E-state index in [1.165, 1.54) is 0 Å². The monoisotopic (exact) mass is 343 g/mol. The quantitative estimate of drug-likeness (QED) is 0.734. The van der Waals surface area contributed by atoms with Gasteiger partial charge in [-0.3, -0.25) is 4.99 Å². The topological polar surface area (TPSA) is 40.0 Å². The van der Waals surface area contributed by atoms with E-state index < -0.39 is 0 Å². The van der Waals surface area contributed by atoms with Gasteiger partial charge in [0.15, 0.2) is 11.5 Å². The molecule has 0 saturated heterocycles. The fourth-order valence-electron chi connectivity index (χ4n) is 3.24. The molecule has 1 unspecified atom stereocenters. The van der Waals surface area contributed by atoms with Crippen LogP contribution in [0.25, 0.3) is 0 Å². The number of benzene rings is 2. The van der Waals surface area contributed by atoms with Gasteiger partial charge >= 0.3 is 0 Å². The van der Waals surface area contributed by atoms with Crippen LogP contribution < -0.4 is 14.2 Å². The summed E-state index contributed by atoms with van der Waals surface area (Å²) in [6, 6.07) is 10.1. The Kier molecular flexibility index (Phi) is 2.10. The molecule has 3 aliphatic rings. The minimum atomic E-state index is -0.324. The van der Waals surface area contributed by atoms with Crippen molar-refractivity contribution in [1.82, 2.24) is 0 Å². The number of para-hydroxylation sites is 1. The molecule has 0 N–H and O–H groups in total. The third kappa shape index (κ3) is 1.37. The summed E-state index contributed by atoms with van der Waals surface area (Å²) < 4.78 is 17.8. The first-order valence-electron chi connectivity index (χ1n) is 6.69. The van der Waals surface area contributed by atoms with Crippen molar-refractivity contribution in [3.8, 4) is 17.2 Å². The Morgan fingerprint density at radius 1 is 1.00 bits per heavy atom. The molecule has 5 heteroatoms. The van der Waals surface area contributed by atoms with Gasteiger partial charge in [0.1, 0.15) is 12.4 Å². The molecule has 1 spiro atoms. The lowest BCUT2D eigenvalue weighted by Crippen LogP contribution is -2.28. The van der Waals surface area contributed by atoms with Crippen molar-refractivity contribution in [2.24, 2.45) is 4.99 Å². The summed E-state index contributed by atoms with van der Waals surface area (Å²) in [4.78, 5) is 4.60. The van der Waals surface area contributed by atoms with Crippen LogP contribution in [0.4, 0.5) is 5.69 Å². The summed E-state index contributed by atoms with van der Waals surface area (Å²) in [5.74, 6) is 2.36. The van der Waals surface area contributed by atoms with Crippen molar-refractivity contribution in [2.45, 2.75) is 5.41 Å². The van der Waals surface area contributed by atoms with Crippen LogP contribution in [0.5, 0.6) is 17.2 Å². The highest BCUT2D eigenvalue weighted by molar-refractivity contribution is 9.10. The molecule has 5 rings (SSSR count).